The van der Waals surface area contributed by atoms with Crippen LogP contribution in [-0.4, -0.2) is 16.9 Å². The lowest BCUT2D eigenvalue weighted by atomic mass is 10.1. The van der Waals surface area contributed by atoms with Crippen molar-refractivity contribution in [3.63, 3.8) is 0 Å². The maximum absolute atomic E-state index is 13.3. The van der Waals surface area contributed by atoms with E-state index in [-0.39, 0.29) is 11.5 Å². The minimum absolute atomic E-state index is 0.112. The van der Waals surface area contributed by atoms with Crippen LogP contribution in [0.1, 0.15) is 15.9 Å². The SMILES string of the molecule is Cc1ccc(C(=O)NCCI)c(F)c1. The fraction of sp³-hybridized carbons (Fsp3) is 0.300. The van der Waals surface area contributed by atoms with Gasteiger partial charge in [-0.2, -0.15) is 0 Å². The Bertz CT molecular complexity index is 341. The summed E-state index contributed by atoms with van der Waals surface area (Å²) in [5.74, 6) is -0.810. The smallest absolute Gasteiger partial charge is 0.254 e. The Morgan fingerprint density at radius 3 is 2.86 bits per heavy atom. The van der Waals surface area contributed by atoms with Gasteiger partial charge >= 0.3 is 0 Å². The first-order chi connectivity index (χ1) is 6.65. The Morgan fingerprint density at radius 2 is 2.29 bits per heavy atom. The summed E-state index contributed by atoms with van der Waals surface area (Å²) < 4.78 is 14.1. The number of benzene rings is 1. The lowest BCUT2D eigenvalue weighted by Gasteiger charge is -2.04. The number of nitrogens with one attached hydrogen (secondary N) is 1. The van der Waals surface area contributed by atoms with E-state index in [1.165, 1.54) is 12.1 Å². The van der Waals surface area contributed by atoms with Crippen LogP contribution in [0, 0.1) is 12.7 Å². The van der Waals surface area contributed by atoms with Gasteiger partial charge in [-0.05, 0) is 24.6 Å². The van der Waals surface area contributed by atoms with Crippen molar-refractivity contribution in [3.05, 3.63) is 35.1 Å². The third-order valence-electron chi connectivity index (χ3n) is 1.75. The molecule has 76 valence electrons. The number of hydrogen-bond acceptors (Lipinski definition) is 1. The zero-order chi connectivity index (χ0) is 10.6. The standard InChI is InChI=1S/C10H11FINO/c1-7-2-3-8(9(11)6-7)10(14)13-5-4-12/h2-3,6H,4-5H2,1H3,(H,13,14). The summed E-state index contributed by atoms with van der Waals surface area (Å²) >= 11 is 2.15. The maximum atomic E-state index is 13.3. The normalized spacial score (nSPS) is 9.93. The minimum Gasteiger partial charge on any atom is -0.351 e. The molecular formula is C10H11FINO. The first-order valence-corrected chi connectivity index (χ1v) is 5.78. The monoisotopic (exact) mass is 307 g/mol. The van der Waals surface area contributed by atoms with Gasteiger partial charge in [-0.15, -0.1) is 0 Å². The third kappa shape index (κ3) is 2.94. The number of carbonyl (C=O) groups is 1. The predicted molar refractivity (Wildman–Crippen MR) is 62.4 cm³/mol. The van der Waals surface area contributed by atoms with Crippen LogP contribution in [0.4, 0.5) is 4.39 Å². The molecule has 0 radical (unpaired) electrons. The van der Waals surface area contributed by atoms with Gasteiger partial charge in [0.25, 0.3) is 5.91 Å². The summed E-state index contributed by atoms with van der Waals surface area (Å²) in [6, 6.07) is 4.59. The number of rotatable bonds is 3. The molecule has 0 saturated heterocycles. The highest BCUT2D eigenvalue weighted by molar-refractivity contribution is 14.1. The Kier molecular flexibility index (Phi) is 4.31. The zero-order valence-corrected chi connectivity index (χ0v) is 9.97. The van der Waals surface area contributed by atoms with Crippen LogP contribution in [0.25, 0.3) is 0 Å². The molecule has 1 aromatic carbocycles. The summed E-state index contributed by atoms with van der Waals surface area (Å²) in [4.78, 5) is 11.4. The van der Waals surface area contributed by atoms with Crippen LogP contribution < -0.4 is 5.32 Å². The molecule has 0 spiro atoms. The van der Waals surface area contributed by atoms with Crippen molar-refractivity contribution in [1.82, 2.24) is 5.32 Å². The molecule has 14 heavy (non-hydrogen) atoms. The molecule has 1 aromatic rings. The molecule has 0 heterocycles. The number of aryl methyl sites for hydroxylation is 1. The van der Waals surface area contributed by atoms with Crippen LogP contribution in [0.15, 0.2) is 18.2 Å². The van der Waals surface area contributed by atoms with Gasteiger partial charge in [0.15, 0.2) is 0 Å². The van der Waals surface area contributed by atoms with E-state index in [9.17, 15) is 9.18 Å². The van der Waals surface area contributed by atoms with Gasteiger partial charge in [-0.3, -0.25) is 4.79 Å². The van der Waals surface area contributed by atoms with Gasteiger partial charge in [-0.25, -0.2) is 4.39 Å². The molecule has 0 fully saturated rings. The topological polar surface area (TPSA) is 29.1 Å². The molecule has 4 heteroatoms. The number of halogens is 2. The van der Waals surface area contributed by atoms with Crippen LogP contribution in [-0.2, 0) is 0 Å². The lowest BCUT2D eigenvalue weighted by molar-refractivity contribution is 0.0952. The van der Waals surface area contributed by atoms with Crippen LogP contribution >= 0.6 is 22.6 Å². The van der Waals surface area contributed by atoms with Crippen LogP contribution in [0.5, 0.6) is 0 Å². The maximum Gasteiger partial charge on any atom is 0.254 e. The molecule has 0 aliphatic heterocycles. The highest BCUT2D eigenvalue weighted by Gasteiger charge is 2.10. The molecule has 0 unspecified atom stereocenters. The van der Waals surface area contributed by atoms with Crippen LogP contribution in [0.2, 0.25) is 0 Å². The number of hydrogen-bond donors (Lipinski definition) is 1. The van der Waals surface area contributed by atoms with E-state index >= 15 is 0 Å². The van der Waals surface area contributed by atoms with E-state index in [1.54, 1.807) is 13.0 Å². The Hall–Kier alpha value is -0.650. The quantitative estimate of drug-likeness (QED) is 0.674. The molecule has 1 amide bonds. The summed E-state index contributed by atoms with van der Waals surface area (Å²) in [5, 5.41) is 2.62. The van der Waals surface area contributed by atoms with Crippen LogP contribution in [0.3, 0.4) is 0 Å². The highest BCUT2D eigenvalue weighted by Crippen LogP contribution is 2.09. The molecule has 0 atom stereocenters. The molecular weight excluding hydrogens is 296 g/mol. The van der Waals surface area contributed by atoms with Gasteiger partial charge in [0.05, 0.1) is 5.56 Å². The van der Waals surface area contributed by atoms with Gasteiger partial charge < -0.3 is 5.32 Å². The van der Waals surface area contributed by atoms with E-state index < -0.39 is 5.82 Å². The summed E-state index contributed by atoms with van der Waals surface area (Å²) in [7, 11) is 0. The predicted octanol–water partition coefficient (Wildman–Crippen LogP) is 2.30. The summed E-state index contributed by atoms with van der Waals surface area (Å²) in [6.45, 7) is 2.35. The second kappa shape index (κ2) is 5.29. The van der Waals surface area contributed by atoms with E-state index in [2.05, 4.69) is 27.9 Å². The number of amides is 1. The van der Waals surface area contributed by atoms with Crippen molar-refractivity contribution in [2.45, 2.75) is 6.92 Å². The molecule has 0 saturated carbocycles. The minimum atomic E-state index is -0.462. The van der Waals surface area contributed by atoms with E-state index in [4.69, 9.17) is 0 Å². The summed E-state index contributed by atoms with van der Waals surface area (Å²) in [6.07, 6.45) is 0. The first-order valence-electron chi connectivity index (χ1n) is 4.25. The number of alkyl halides is 1. The zero-order valence-electron chi connectivity index (χ0n) is 7.81. The molecule has 1 N–H and O–H groups in total. The third-order valence-corrected chi connectivity index (χ3v) is 2.29. The molecule has 0 aliphatic rings. The van der Waals surface area contributed by atoms with Gasteiger partial charge in [-0.1, -0.05) is 28.7 Å². The van der Waals surface area contributed by atoms with E-state index in [0.29, 0.717) is 6.54 Å². The second-order valence-corrected chi connectivity index (χ2v) is 4.01. The van der Waals surface area contributed by atoms with Gasteiger partial charge in [0.1, 0.15) is 5.82 Å². The molecule has 0 bridgehead atoms. The van der Waals surface area contributed by atoms with Crippen molar-refractivity contribution in [2.75, 3.05) is 11.0 Å². The van der Waals surface area contributed by atoms with Crippen molar-refractivity contribution in [3.8, 4) is 0 Å². The molecule has 0 aromatic heterocycles. The highest BCUT2D eigenvalue weighted by atomic mass is 127. The first kappa shape index (κ1) is 11.4. The van der Waals surface area contributed by atoms with Gasteiger partial charge in [0, 0.05) is 11.0 Å². The van der Waals surface area contributed by atoms with Crippen molar-refractivity contribution >= 4 is 28.5 Å². The van der Waals surface area contributed by atoms with E-state index in [0.717, 1.165) is 9.99 Å². The molecule has 0 aliphatic carbocycles. The largest absolute Gasteiger partial charge is 0.351 e. The Morgan fingerprint density at radius 1 is 1.57 bits per heavy atom. The Balaban J connectivity index is 2.80. The molecule has 2 nitrogen and oxygen atoms in total. The fourth-order valence-electron chi connectivity index (χ4n) is 1.06. The fourth-order valence-corrected chi connectivity index (χ4v) is 1.33. The lowest BCUT2D eigenvalue weighted by Crippen LogP contribution is -2.26. The molecule has 1 rings (SSSR count). The van der Waals surface area contributed by atoms with E-state index in [1.807, 2.05) is 0 Å². The average Bonchev–Trinajstić information content (AvgIpc) is 2.14. The number of carbonyl (C=O) groups excluding carboxylic acids is 1. The Labute approximate surface area is 96.0 Å². The van der Waals surface area contributed by atoms with Crippen molar-refractivity contribution in [1.29, 1.82) is 0 Å². The average molecular weight is 307 g/mol. The summed E-state index contributed by atoms with van der Waals surface area (Å²) in [5.41, 5.74) is 0.924. The second-order valence-electron chi connectivity index (χ2n) is 2.93. The van der Waals surface area contributed by atoms with Crippen molar-refractivity contribution in [2.24, 2.45) is 0 Å². The van der Waals surface area contributed by atoms with Gasteiger partial charge in [0.2, 0.25) is 0 Å². The van der Waals surface area contributed by atoms with Crippen molar-refractivity contribution < 1.29 is 9.18 Å².